The van der Waals surface area contributed by atoms with E-state index < -0.39 is 0 Å². The Balaban J connectivity index is 2.24. The van der Waals surface area contributed by atoms with Gasteiger partial charge >= 0.3 is 0 Å². The van der Waals surface area contributed by atoms with Gasteiger partial charge in [-0.25, -0.2) is 0 Å². The summed E-state index contributed by atoms with van der Waals surface area (Å²) in [6.07, 6.45) is 4.31. The van der Waals surface area contributed by atoms with Crippen molar-refractivity contribution in [1.29, 1.82) is 0 Å². The summed E-state index contributed by atoms with van der Waals surface area (Å²) in [6, 6.07) is 17.0. The van der Waals surface area contributed by atoms with E-state index in [1.54, 1.807) is 0 Å². The Labute approximate surface area is 97.3 Å². The predicted molar refractivity (Wildman–Crippen MR) is 71.3 cm³/mol. The summed E-state index contributed by atoms with van der Waals surface area (Å²) in [4.78, 5) is 0. The van der Waals surface area contributed by atoms with Crippen LogP contribution in [0, 0.1) is 13.8 Å². The van der Waals surface area contributed by atoms with Crippen molar-refractivity contribution in [2.24, 2.45) is 0 Å². The summed E-state index contributed by atoms with van der Waals surface area (Å²) in [6.45, 7) is 4.26. The number of aryl methyl sites for hydroxylation is 2. The highest BCUT2D eigenvalue weighted by Crippen LogP contribution is 2.12. The van der Waals surface area contributed by atoms with Crippen LogP contribution in [-0.2, 0) is 0 Å². The maximum Gasteiger partial charge on any atom is -0.0251 e. The topological polar surface area (TPSA) is 0 Å². The smallest absolute Gasteiger partial charge is 0.0251 e. The molecule has 0 nitrogen and oxygen atoms in total. The molecule has 0 aliphatic heterocycles. The molecule has 80 valence electrons. The lowest BCUT2D eigenvalue weighted by Gasteiger charge is -1.99. The summed E-state index contributed by atoms with van der Waals surface area (Å²) >= 11 is 0. The van der Waals surface area contributed by atoms with Crippen molar-refractivity contribution in [2.45, 2.75) is 13.8 Å². The second-order valence-corrected chi connectivity index (χ2v) is 4.17. The molecule has 0 saturated carbocycles. The third kappa shape index (κ3) is 2.83. The maximum absolute atomic E-state index is 2.20. The number of benzene rings is 2. The van der Waals surface area contributed by atoms with Gasteiger partial charge in [0.05, 0.1) is 0 Å². The van der Waals surface area contributed by atoms with Gasteiger partial charge in [0.25, 0.3) is 0 Å². The van der Waals surface area contributed by atoms with Crippen LogP contribution in [0.25, 0.3) is 12.2 Å². The van der Waals surface area contributed by atoms with Crippen molar-refractivity contribution in [3.63, 3.8) is 0 Å². The van der Waals surface area contributed by atoms with Gasteiger partial charge < -0.3 is 0 Å². The lowest BCUT2D eigenvalue weighted by molar-refractivity contribution is 1.37. The average Bonchev–Trinajstić information content (AvgIpc) is 2.27. The van der Waals surface area contributed by atoms with E-state index in [0.29, 0.717) is 0 Å². The Kier molecular flexibility index (Phi) is 3.21. The van der Waals surface area contributed by atoms with Crippen molar-refractivity contribution in [1.82, 2.24) is 0 Å². The van der Waals surface area contributed by atoms with E-state index in [9.17, 15) is 0 Å². The lowest BCUT2D eigenvalue weighted by Crippen LogP contribution is -1.79. The molecule has 0 aromatic heterocycles. The molecule has 0 amide bonds. The Morgan fingerprint density at radius 1 is 0.688 bits per heavy atom. The van der Waals surface area contributed by atoms with Crippen LogP contribution in [0.15, 0.2) is 48.5 Å². The summed E-state index contributed by atoms with van der Waals surface area (Å²) in [5, 5.41) is 0. The van der Waals surface area contributed by atoms with Crippen LogP contribution < -0.4 is 0 Å². The summed E-state index contributed by atoms with van der Waals surface area (Å²) in [5.74, 6) is 0. The molecule has 0 heterocycles. The fraction of sp³-hybridized carbons (Fsp3) is 0.125. The van der Waals surface area contributed by atoms with E-state index in [1.807, 2.05) is 6.07 Å². The maximum atomic E-state index is 2.20. The molecule has 0 radical (unpaired) electrons. The van der Waals surface area contributed by atoms with Crippen LogP contribution in [-0.4, -0.2) is 0 Å². The monoisotopic (exact) mass is 208 g/mol. The Hall–Kier alpha value is -1.82. The molecule has 0 unspecified atom stereocenters. The minimum absolute atomic E-state index is 1.24. The molecular formula is C16H16. The molecule has 0 spiro atoms. The zero-order chi connectivity index (χ0) is 11.4. The van der Waals surface area contributed by atoms with E-state index in [-0.39, 0.29) is 0 Å². The molecule has 0 bridgehead atoms. The van der Waals surface area contributed by atoms with Gasteiger partial charge in [0.2, 0.25) is 0 Å². The normalized spacial score (nSPS) is 10.9. The van der Waals surface area contributed by atoms with Crippen molar-refractivity contribution < 1.29 is 0 Å². The first-order valence-electron chi connectivity index (χ1n) is 5.55. The van der Waals surface area contributed by atoms with Gasteiger partial charge in [-0.1, -0.05) is 71.8 Å². The molecule has 0 aliphatic carbocycles. The van der Waals surface area contributed by atoms with Gasteiger partial charge in [-0.05, 0) is 25.0 Å². The van der Waals surface area contributed by atoms with Crippen LogP contribution in [0.4, 0.5) is 0 Å². The van der Waals surface area contributed by atoms with Gasteiger partial charge in [0, 0.05) is 0 Å². The first kappa shape index (κ1) is 10.7. The quantitative estimate of drug-likeness (QED) is 0.638. The van der Waals surface area contributed by atoms with Crippen LogP contribution in [0.1, 0.15) is 22.3 Å². The summed E-state index contributed by atoms with van der Waals surface area (Å²) in [5.41, 5.74) is 5.13. The zero-order valence-corrected chi connectivity index (χ0v) is 9.77. The lowest BCUT2D eigenvalue weighted by atomic mass is 10.1. The van der Waals surface area contributed by atoms with E-state index in [1.165, 1.54) is 22.3 Å². The van der Waals surface area contributed by atoms with Gasteiger partial charge in [0.1, 0.15) is 0 Å². The zero-order valence-electron chi connectivity index (χ0n) is 9.77. The Bertz CT molecular complexity index is 472. The summed E-state index contributed by atoms with van der Waals surface area (Å²) < 4.78 is 0. The summed E-state index contributed by atoms with van der Waals surface area (Å²) in [7, 11) is 0. The second-order valence-electron chi connectivity index (χ2n) is 4.17. The first-order valence-corrected chi connectivity index (χ1v) is 5.55. The highest BCUT2D eigenvalue weighted by molar-refractivity contribution is 5.70. The molecule has 16 heavy (non-hydrogen) atoms. The Morgan fingerprint density at radius 2 is 1.25 bits per heavy atom. The van der Waals surface area contributed by atoms with E-state index in [0.717, 1.165) is 0 Å². The van der Waals surface area contributed by atoms with Gasteiger partial charge in [0.15, 0.2) is 0 Å². The molecular weight excluding hydrogens is 192 g/mol. The number of hydrogen-bond acceptors (Lipinski definition) is 0. The van der Waals surface area contributed by atoms with Crippen molar-refractivity contribution >= 4 is 12.2 Å². The first-order chi connectivity index (χ1) is 7.74. The molecule has 0 aliphatic rings. The van der Waals surface area contributed by atoms with Crippen molar-refractivity contribution in [3.8, 4) is 0 Å². The van der Waals surface area contributed by atoms with Gasteiger partial charge in [-0.15, -0.1) is 0 Å². The standard InChI is InChI=1S/C16H16/c1-13-10-14(2)12-16(11-13)9-8-15-6-4-3-5-7-15/h3-12H,1-2H3/b9-8+. The molecule has 0 heteroatoms. The molecule has 0 fully saturated rings. The molecule has 2 rings (SSSR count). The molecule has 2 aromatic rings. The molecule has 0 saturated heterocycles. The Morgan fingerprint density at radius 3 is 1.88 bits per heavy atom. The van der Waals surface area contributed by atoms with Gasteiger partial charge in [-0.2, -0.15) is 0 Å². The van der Waals surface area contributed by atoms with E-state index >= 15 is 0 Å². The van der Waals surface area contributed by atoms with Crippen LogP contribution >= 0.6 is 0 Å². The highest BCUT2D eigenvalue weighted by Gasteiger charge is 1.91. The largest absolute Gasteiger partial charge is 0.0622 e. The third-order valence-electron chi connectivity index (χ3n) is 2.51. The van der Waals surface area contributed by atoms with Crippen molar-refractivity contribution in [2.75, 3.05) is 0 Å². The highest BCUT2D eigenvalue weighted by atomic mass is 14.0. The SMILES string of the molecule is Cc1cc(C)cc(/C=C/c2ccccc2)c1. The van der Waals surface area contributed by atoms with E-state index in [2.05, 4.69) is 68.5 Å². The third-order valence-corrected chi connectivity index (χ3v) is 2.51. The fourth-order valence-electron chi connectivity index (χ4n) is 1.86. The van der Waals surface area contributed by atoms with Crippen LogP contribution in [0.2, 0.25) is 0 Å². The molecule has 2 aromatic carbocycles. The predicted octanol–water partition coefficient (Wildman–Crippen LogP) is 4.47. The van der Waals surface area contributed by atoms with Crippen LogP contribution in [0.5, 0.6) is 0 Å². The minimum Gasteiger partial charge on any atom is -0.0622 e. The second kappa shape index (κ2) is 4.80. The average molecular weight is 208 g/mol. The van der Waals surface area contributed by atoms with Crippen molar-refractivity contribution in [3.05, 3.63) is 70.8 Å². The molecule has 0 atom stereocenters. The fourth-order valence-corrected chi connectivity index (χ4v) is 1.86. The number of rotatable bonds is 2. The van der Waals surface area contributed by atoms with Crippen LogP contribution in [0.3, 0.4) is 0 Å². The molecule has 0 N–H and O–H groups in total. The number of hydrogen-bond donors (Lipinski definition) is 0. The van der Waals surface area contributed by atoms with Gasteiger partial charge in [-0.3, -0.25) is 0 Å². The minimum atomic E-state index is 1.24. The van der Waals surface area contributed by atoms with E-state index in [4.69, 9.17) is 0 Å².